The van der Waals surface area contributed by atoms with E-state index in [9.17, 15) is 4.79 Å². The van der Waals surface area contributed by atoms with Crippen LogP contribution in [0.4, 0.5) is 4.79 Å². The van der Waals surface area contributed by atoms with Crippen LogP contribution in [0.15, 0.2) is 0 Å². The second-order valence-electron chi connectivity index (χ2n) is 6.53. The Bertz CT molecular complexity index is 237. The zero-order valence-corrected chi connectivity index (χ0v) is 13.7. The largest absolute Gasteiger partial charge is 0.450 e. The van der Waals surface area contributed by atoms with Gasteiger partial charge in [-0.25, -0.2) is 4.79 Å². The highest BCUT2D eigenvalue weighted by atomic mass is 16.5. The molecule has 0 saturated carbocycles. The van der Waals surface area contributed by atoms with Crippen molar-refractivity contribution < 1.29 is 9.53 Å². The summed E-state index contributed by atoms with van der Waals surface area (Å²) >= 11 is 0. The van der Waals surface area contributed by atoms with Crippen molar-refractivity contribution in [2.75, 3.05) is 13.2 Å². The van der Waals surface area contributed by atoms with E-state index in [-0.39, 0.29) is 5.54 Å². The van der Waals surface area contributed by atoms with Crippen molar-refractivity contribution in [3.63, 3.8) is 0 Å². The van der Waals surface area contributed by atoms with Gasteiger partial charge in [-0.05, 0) is 40.2 Å². The van der Waals surface area contributed by atoms with Crippen LogP contribution in [0.3, 0.4) is 0 Å². The van der Waals surface area contributed by atoms with Gasteiger partial charge in [-0.15, -0.1) is 0 Å². The fraction of sp³-hybridized carbons (Fsp3) is 0.938. The lowest BCUT2D eigenvalue weighted by atomic mass is 10.1. The molecule has 0 spiro atoms. The van der Waals surface area contributed by atoms with Gasteiger partial charge in [0.2, 0.25) is 0 Å². The van der Waals surface area contributed by atoms with E-state index < -0.39 is 6.09 Å². The Kier molecular flexibility index (Phi) is 11.5. The predicted octanol–water partition coefficient (Wildman–Crippen LogP) is 3.98. The molecule has 4 heteroatoms. The molecule has 0 rings (SSSR count). The maximum Gasteiger partial charge on any atom is 0.404 e. The van der Waals surface area contributed by atoms with Gasteiger partial charge in [-0.3, -0.25) is 0 Å². The molecule has 0 aliphatic rings. The fourth-order valence-electron chi connectivity index (χ4n) is 2.10. The first-order chi connectivity index (χ1) is 9.42. The standard InChI is InChI=1S/C16H34N2O2/c1-16(2,3)18-13-11-9-7-5-4-6-8-10-12-14-20-15(17)19/h18H,4-14H2,1-3H3,(H2,17,19). The van der Waals surface area contributed by atoms with Crippen molar-refractivity contribution in [2.45, 2.75) is 84.1 Å². The van der Waals surface area contributed by atoms with Crippen LogP contribution in [0.5, 0.6) is 0 Å². The van der Waals surface area contributed by atoms with E-state index in [2.05, 4.69) is 30.8 Å². The third kappa shape index (κ3) is 17.2. The lowest BCUT2D eigenvalue weighted by molar-refractivity contribution is 0.154. The second-order valence-corrected chi connectivity index (χ2v) is 6.53. The van der Waals surface area contributed by atoms with Crippen molar-refractivity contribution >= 4 is 6.09 Å². The Morgan fingerprint density at radius 1 is 0.900 bits per heavy atom. The number of carbonyl (C=O) groups excluding carboxylic acids is 1. The van der Waals surface area contributed by atoms with E-state index in [0.29, 0.717) is 6.61 Å². The number of carbonyl (C=O) groups is 1. The normalized spacial score (nSPS) is 11.6. The van der Waals surface area contributed by atoms with Gasteiger partial charge in [0.25, 0.3) is 0 Å². The van der Waals surface area contributed by atoms with Gasteiger partial charge in [0.1, 0.15) is 0 Å². The molecule has 0 aromatic rings. The first kappa shape index (κ1) is 19.2. The van der Waals surface area contributed by atoms with Gasteiger partial charge in [-0.2, -0.15) is 0 Å². The molecule has 0 heterocycles. The summed E-state index contributed by atoms with van der Waals surface area (Å²) in [6.07, 6.45) is 10.5. The third-order valence-corrected chi connectivity index (χ3v) is 3.22. The van der Waals surface area contributed by atoms with Crippen molar-refractivity contribution in [1.82, 2.24) is 5.32 Å². The van der Waals surface area contributed by atoms with E-state index in [4.69, 9.17) is 5.73 Å². The number of hydrogen-bond donors (Lipinski definition) is 2. The summed E-state index contributed by atoms with van der Waals surface area (Å²) in [5.41, 5.74) is 5.13. The first-order valence-corrected chi connectivity index (χ1v) is 8.09. The Morgan fingerprint density at radius 2 is 1.35 bits per heavy atom. The van der Waals surface area contributed by atoms with Gasteiger partial charge >= 0.3 is 6.09 Å². The Morgan fingerprint density at radius 3 is 1.80 bits per heavy atom. The predicted molar refractivity (Wildman–Crippen MR) is 84.8 cm³/mol. The Balaban J connectivity index is 3.05. The lowest BCUT2D eigenvalue weighted by Gasteiger charge is -2.20. The summed E-state index contributed by atoms with van der Waals surface area (Å²) < 4.78 is 4.68. The lowest BCUT2D eigenvalue weighted by Crippen LogP contribution is -2.36. The van der Waals surface area contributed by atoms with Crippen LogP contribution in [-0.2, 0) is 4.74 Å². The maximum absolute atomic E-state index is 10.3. The minimum absolute atomic E-state index is 0.248. The number of amides is 1. The molecule has 0 fully saturated rings. The van der Waals surface area contributed by atoms with E-state index in [1.165, 1.54) is 44.9 Å². The Labute approximate surface area is 124 Å². The number of nitrogens with two attached hydrogens (primary N) is 1. The van der Waals surface area contributed by atoms with Crippen molar-refractivity contribution in [3.8, 4) is 0 Å². The molecule has 0 atom stereocenters. The molecule has 1 amide bonds. The summed E-state index contributed by atoms with van der Waals surface area (Å²) in [6.45, 7) is 8.23. The molecule has 3 N–H and O–H groups in total. The molecule has 0 bridgehead atoms. The number of nitrogens with one attached hydrogen (secondary N) is 1. The van der Waals surface area contributed by atoms with Crippen LogP contribution in [0.2, 0.25) is 0 Å². The summed E-state index contributed by atoms with van der Waals surface area (Å²) in [7, 11) is 0. The molecule has 20 heavy (non-hydrogen) atoms. The number of unbranched alkanes of at least 4 members (excludes halogenated alkanes) is 8. The number of ether oxygens (including phenoxy) is 1. The van der Waals surface area contributed by atoms with Gasteiger partial charge in [0.05, 0.1) is 6.61 Å². The van der Waals surface area contributed by atoms with Crippen LogP contribution in [0.1, 0.15) is 78.6 Å². The molecule has 0 aliphatic carbocycles. The molecule has 120 valence electrons. The first-order valence-electron chi connectivity index (χ1n) is 8.09. The number of rotatable bonds is 12. The number of primary amides is 1. The highest BCUT2D eigenvalue weighted by Crippen LogP contribution is 2.10. The molecule has 0 aromatic carbocycles. The molecule has 0 radical (unpaired) electrons. The van der Waals surface area contributed by atoms with Crippen LogP contribution < -0.4 is 11.1 Å². The summed E-state index contributed by atoms with van der Waals surface area (Å²) in [5.74, 6) is 0. The van der Waals surface area contributed by atoms with Crippen molar-refractivity contribution in [1.29, 1.82) is 0 Å². The van der Waals surface area contributed by atoms with E-state index >= 15 is 0 Å². The molecule has 0 unspecified atom stereocenters. The highest BCUT2D eigenvalue weighted by molar-refractivity contribution is 5.64. The zero-order valence-electron chi connectivity index (χ0n) is 13.7. The fourth-order valence-corrected chi connectivity index (χ4v) is 2.10. The van der Waals surface area contributed by atoms with Gasteiger partial charge in [0.15, 0.2) is 0 Å². The third-order valence-electron chi connectivity index (χ3n) is 3.22. The van der Waals surface area contributed by atoms with E-state index in [0.717, 1.165) is 19.4 Å². The SMILES string of the molecule is CC(C)(C)NCCCCCCCCCCCOC(N)=O. The molecular weight excluding hydrogens is 252 g/mol. The molecule has 0 saturated heterocycles. The molecule has 0 aromatic heterocycles. The highest BCUT2D eigenvalue weighted by Gasteiger charge is 2.06. The van der Waals surface area contributed by atoms with E-state index in [1.807, 2.05) is 0 Å². The van der Waals surface area contributed by atoms with Gasteiger partial charge < -0.3 is 15.8 Å². The summed E-state index contributed by atoms with van der Waals surface area (Å²) in [6, 6.07) is 0. The molecular formula is C16H34N2O2. The monoisotopic (exact) mass is 286 g/mol. The topological polar surface area (TPSA) is 64.3 Å². The van der Waals surface area contributed by atoms with Crippen molar-refractivity contribution in [2.24, 2.45) is 5.73 Å². The van der Waals surface area contributed by atoms with Crippen LogP contribution in [0, 0.1) is 0 Å². The summed E-state index contributed by atoms with van der Waals surface area (Å²) in [5, 5.41) is 3.52. The van der Waals surface area contributed by atoms with Gasteiger partial charge in [0, 0.05) is 5.54 Å². The van der Waals surface area contributed by atoms with E-state index in [1.54, 1.807) is 0 Å². The Hall–Kier alpha value is -0.770. The van der Waals surface area contributed by atoms with Crippen LogP contribution in [-0.4, -0.2) is 24.8 Å². The summed E-state index contributed by atoms with van der Waals surface area (Å²) in [4.78, 5) is 10.3. The van der Waals surface area contributed by atoms with Gasteiger partial charge in [-0.1, -0.05) is 44.9 Å². The number of hydrogen-bond acceptors (Lipinski definition) is 3. The minimum Gasteiger partial charge on any atom is -0.450 e. The maximum atomic E-state index is 10.3. The minimum atomic E-state index is -0.661. The molecule has 0 aliphatic heterocycles. The van der Waals surface area contributed by atoms with Crippen LogP contribution in [0.25, 0.3) is 0 Å². The van der Waals surface area contributed by atoms with Crippen molar-refractivity contribution in [3.05, 3.63) is 0 Å². The quantitative estimate of drug-likeness (QED) is 0.533. The zero-order chi connectivity index (χ0) is 15.3. The second kappa shape index (κ2) is 12.0. The average Bonchev–Trinajstić information content (AvgIpc) is 2.33. The van der Waals surface area contributed by atoms with Crippen LogP contribution >= 0.6 is 0 Å². The molecule has 4 nitrogen and oxygen atoms in total. The smallest absolute Gasteiger partial charge is 0.404 e. The average molecular weight is 286 g/mol.